The molecule has 0 aromatic heterocycles. The largest absolute Gasteiger partial charge is 0.481 e. The molecule has 0 aromatic rings. The number of hydrogen-bond acceptors (Lipinski definition) is 1. The fourth-order valence-electron chi connectivity index (χ4n) is 2.34. The van der Waals surface area contributed by atoms with Crippen molar-refractivity contribution in [2.75, 3.05) is 0 Å². The van der Waals surface area contributed by atoms with Crippen LogP contribution in [0.15, 0.2) is 36.0 Å². The van der Waals surface area contributed by atoms with E-state index in [0.29, 0.717) is 12.8 Å². The van der Waals surface area contributed by atoms with Gasteiger partial charge in [-0.15, -0.1) is 0 Å². The molecule has 0 saturated carbocycles. The van der Waals surface area contributed by atoms with Crippen molar-refractivity contribution in [3.63, 3.8) is 0 Å². The first kappa shape index (κ1) is 12.8. The third-order valence-electron chi connectivity index (χ3n) is 3.56. The summed E-state index contributed by atoms with van der Waals surface area (Å²) in [5, 5.41) is 9.36. The van der Waals surface area contributed by atoms with Crippen molar-refractivity contribution in [3.8, 4) is 0 Å². The first-order valence-corrected chi connectivity index (χ1v) is 5.80. The molecule has 16 heavy (non-hydrogen) atoms. The molecule has 2 heteroatoms. The number of allylic oxidation sites excluding steroid dienone is 5. The van der Waals surface area contributed by atoms with E-state index in [1.807, 2.05) is 32.1 Å². The van der Waals surface area contributed by atoms with Crippen molar-refractivity contribution in [1.29, 1.82) is 0 Å². The molecule has 1 unspecified atom stereocenters. The second kappa shape index (κ2) is 5.15. The van der Waals surface area contributed by atoms with Crippen LogP contribution in [0, 0.1) is 5.41 Å². The second-order valence-corrected chi connectivity index (χ2v) is 4.37. The lowest BCUT2D eigenvalue weighted by Gasteiger charge is -2.33. The van der Waals surface area contributed by atoms with Gasteiger partial charge in [0.15, 0.2) is 0 Å². The molecule has 0 amide bonds. The van der Waals surface area contributed by atoms with Crippen molar-refractivity contribution in [3.05, 3.63) is 36.0 Å². The topological polar surface area (TPSA) is 37.3 Å². The van der Waals surface area contributed by atoms with Crippen molar-refractivity contribution >= 4 is 5.97 Å². The maximum absolute atomic E-state index is 11.4. The van der Waals surface area contributed by atoms with Gasteiger partial charge in [0, 0.05) is 0 Å². The molecule has 1 aliphatic rings. The minimum atomic E-state index is -0.667. The highest BCUT2D eigenvalue weighted by molar-refractivity contribution is 5.75. The number of aliphatic carboxylic acids is 1. The number of carboxylic acid groups (broad SMARTS) is 1. The average molecular weight is 220 g/mol. The molecule has 0 spiro atoms. The van der Waals surface area contributed by atoms with Gasteiger partial charge in [0.2, 0.25) is 0 Å². The normalized spacial score (nSPS) is 26.1. The Morgan fingerprint density at radius 1 is 1.56 bits per heavy atom. The van der Waals surface area contributed by atoms with Crippen molar-refractivity contribution in [1.82, 2.24) is 0 Å². The maximum Gasteiger partial charge on any atom is 0.309 e. The van der Waals surface area contributed by atoms with Crippen molar-refractivity contribution < 1.29 is 9.90 Å². The van der Waals surface area contributed by atoms with Gasteiger partial charge in [-0.1, -0.05) is 31.7 Å². The quantitative estimate of drug-likeness (QED) is 0.784. The van der Waals surface area contributed by atoms with Crippen LogP contribution in [0.3, 0.4) is 0 Å². The third kappa shape index (κ3) is 2.26. The molecule has 1 rings (SSSR count). The number of hydrogen-bond donors (Lipinski definition) is 1. The summed E-state index contributed by atoms with van der Waals surface area (Å²) in [6.07, 6.45) is 8.70. The molecule has 0 fully saturated rings. The van der Waals surface area contributed by atoms with Crippen LogP contribution in [0.5, 0.6) is 0 Å². The van der Waals surface area contributed by atoms with Crippen LogP contribution in [0.2, 0.25) is 0 Å². The van der Waals surface area contributed by atoms with Gasteiger partial charge in [-0.05, 0) is 43.8 Å². The first-order valence-electron chi connectivity index (χ1n) is 5.80. The van der Waals surface area contributed by atoms with Gasteiger partial charge in [0.25, 0.3) is 0 Å². The Labute approximate surface area is 97.4 Å². The van der Waals surface area contributed by atoms with Gasteiger partial charge in [-0.2, -0.15) is 0 Å². The van der Waals surface area contributed by atoms with Crippen LogP contribution in [0.25, 0.3) is 0 Å². The fourth-order valence-corrected chi connectivity index (χ4v) is 2.34. The Kier molecular flexibility index (Phi) is 4.11. The minimum absolute atomic E-state index is 0.568. The lowest BCUT2D eigenvalue weighted by molar-refractivity contribution is -0.149. The molecule has 0 heterocycles. The van der Waals surface area contributed by atoms with Gasteiger partial charge in [-0.3, -0.25) is 4.79 Å². The van der Waals surface area contributed by atoms with E-state index in [2.05, 4.69) is 6.58 Å². The molecule has 0 aromatic carbocycles. The molecule has 1 N–H and O–H groups in total. The summed E-state index contributed by atoms with van der Waals surface area (Å²) in [6, 6.07) is 0. The van der Waals surface area contributed by atoms with Gasteiger partial charge in [0.1, 0.15) is 0 Å². The highest BCUT2D eigenvalue weighted by Crippen LogP contribution is 2.42. The van der Waals surface area contributed by atoms with Crippen LogP contribution in [0.4, 0.5) is 0 Å². The number of carbonyl (C=O) groups is 1. The Hall–Kier alpha value is -1.31. The van der Waals surface area contributed by atoms with Gasteiger partial charge < -0.3 is 5.11 Å². The molecule has 0 bridgehead atoms. The van der Waals surface area contributed by atoms with E-state index in [-0.39, 0.29) is 0 Å². The molecular formula is C14H20O2. The minimum Gasteiger partial charge on any atom is -0.481 e. The summed E-state index contributed by atoms with van der Waals surface area (Å²) < 4.78 is 0. The summed E-state index contributed by atoms with van der Waals surface area (Å²) in [4.78, 5) is 11.4. The summed E-state index contributed by atoms with van der Waals surface area (Å²) in [7, 11) is 0. The molecule has 0 saturated heterocycles. The first-order chi connectivity index (χ1) is 7.59. The van der Waals surface area contributed by atoms with Gasteiger partial charge in [0.05, 0.1) is 5.41 Å². The summed E-state index contributed by atoms with van der Waals surface area (Å²) >= 11 is 0. The highest BCUT2D eigenvalue weighted by Gasteiger charge is 2.39. The van der Waals surface area contributed by atoms with Crippen molar-refractivity contribution in [2.45, 2.75) is 39.5 Å². The average Bonchev–Trinajstić information content (AvgIpc) is 2.29. The van der Waals surface area contributed by atoms with E-state index in [9.17, 15) is 9.90 Å². The second-order valence-electron chi connectivity index (χ2n) is 4.37. The molecule has 0 aliphatic heterocycles. The van der Waals surface area contributed by atoms with E-state index < -0.39 is 11.4 Å². The van der Waals surface area contributed by atoms with Crippen LogP contribution < -0.4 is 0 Å². The molecule has 2 nitrogen and oxygen atoms in total. The summed E-state index contributed by atoms with van der Waals surface area (Å²) in [5.41, 5.74) is 1.76. The summed E-state index contributed by atoms with van der Waals surface area (Å²) in [5.74, 6) is -0.667. The zero-order valence-corrected chi connectivity index (χ0v) is 10.1. The van der Waals surface area contributed by atoms with E-state index in [1.165, 1.54) is 5.57 Å². The zero-order chi connectivity index (χ0) is 12.2. The predicted molar refractivity (Wildman–Crippen MR) is 66.2 cm³/mol. The predicted octanol–water partition coefficient (Wildman–Crippen LogP) is 3.71. The standard InChI is InChI=1S/C14H20O2/c1-4-7-12-10-14(6-3,13(15)16)9-8-11(12)5-2/h4-5,7H,2,6,8-10H2,1,3H3,(H,15,16)/b7-4-. The number of carboxylic acids is 1. The SMILES string of the molecule is C=CC1=C(/C=C\C)CC(CC)(C(=O)O)CC1. The fraction of sp³-hybridized carbons (Fsp3) is 0.500. The number of rotatable bonds is 4. The molecule has 1 aliphatic carbocycles. The van der Waals surface area contributed by atoms with Crippen molar-refractivity contribution in [2.24, 2.45) is 5.41 Å². The third-order valence-corrected chi connectivity index (χ3v) is 3.56. The molecule has 88 valence electrons. The molecular weight excluding hydrogens is 200 g/mol. The van der Waals surface area contributed by atoms with Gasteiger partial charge in [-0.25, -0.2) is 0 Å². The monoisotopic (exact) mass is 220 g/mol. The summed E-state index contributed by atoms with van der Waals surface area (Å²) in [6.45, 7) is 7.71. The van der Waals surface area contributed by atoms with Crippen LogP contribution >= 0.6 is 0 Å². The Morgan fingerprint density at radius 2 is 2.25 bits per heavy atom. The molecule has 1 atom stereocenters. The van der Waals surface area contributed by atoms with E-state index in [0.717, 1.165) is 18.4 Å². The maximum atomic E-state index is 11.4. The van der Waals surface area contributed by atoms with Crippen LogP contribution in [-0.2, 0) is 4.79 Å². The van der Waals surface area contributed by atoms with Gasteiger partial charge >= 0.3 is 5.97 Å². The van der Waals surface area contributed by atoms with E-state index in [4.69, 9.17) is 0 Å². The zero-order valence-electron chi connectivity index (χ0n) is 10.1. The van der Waals surface area contributed by atoms with Crippen LogP contribution in [-0.4, -0.2) is 11.1 Å². The Balaban J connectivity index is 3.07. The smallest absolute Gasteiger partial charge is 0.309 e. The van der Waals surface area contributed by atoms with Crippen LogP contribution in [0.1, 0.15) is 39.5 Å². The van der Waals surface area contributed by atoms with E-state index in [1.54, 1.807) is 0 Å². The highest BCUT2D eigenvalue weighted by atomic mass is 16.4. The van der Waals surface area contributed by atoms with E-state index >= 15 is 0 Å². The lowest BCUT2D eigenvalue weighted by atomic mass is 9.70. The Morgan fingerprint density at radius 3 is 2.69 bits per heavy atom. The Bertz CT molecular complexity index is 350. The lowest BCUT2D eigenvalue weighted by Crippen LogP contribution is -2.33. The molecule has 0 radical (unpaired) electrons.